The first-order valence-electron chi connectivity index (χ1n) is 11.0. The number of rotatable bonds is 9. The van der Waals surface area contributed by atoms with Crippen LogP contribution in [0.5, 0.6) is 0 Å². The van der Waals surface area contributed by atoms with E-state index in [4.69, 9.17) is 0 Å². The van der Waals surface area contributed by atoms with Gasteiger partial charge < -0.3 is 10.2 Å². The Balaban J connectivity index is 1.72. The molecule has 1 fully saturated rings. The molecule has 3 rings (SSSR count). The van der Waals surface area contributed by atoms with Crippen molar-refractivity contribution in [2.75, 3.05) is 12.3 Å². The van der Waals surface area contributed by atoms with E-state index in [0.717, 1.165) is 12.0 Å². The van der Waals surface area contributed by atoms with Gasteiger partial charge in [0.25, 0.3) is 5.91 Å². The van der Waals surface area contributed by atoms with Crippen LogP contribution < -0.4 is 10.0 Å². The minimum Gasteiger partial charge on any atom is -0.353 e. The maximum absolute atomic E-state index is 13.1. The van der Waals surface area contributed by atoms with E-state index in [2.05, 4.69) is 10.0 Å². The summed E-state index contributed by atoms with van der Waals surface area (Å²) in [6, 6.07) is 16.7. The summed E-state index contributed by atoms with van der Waals surface area (Å²) in [4.78, 5) is 27.2. The highest BCUT2D eigenvalue weighted by Gasteiger charge is 2.34. The maximum atomic E-state index is 13.1. The van der Waals surface area contributed by atoms with E-state index in [1.807, 2.05) is 50.2 Å². The molecule has 32 heavy (non-hydrogen) atoms. The van der Waals surface area contributed by atoms with Crippen LogP contribution in [0.4, 0.5) is 0 Å². The number of carbonyl (C=O) groups excluding carboxylic acids is 2. The van der Waals surface area contributed by atoms with Gasteiger partial charge in [0.1, 0.15) is 6.04 Å². The molecule has 0 spiro atoms. The lowest BCUT2D eigenvalue weighted by atomic mass is 10.1. The number of nitrogens with one attached hydrogen (secondary N) is 2. The Morgan fingerprint density at radius 3 is 2.28 bits per heavy atom. The van der Waals surface area contributed by atoms with Crippen LogP contribution in [-0.2, 0) is 21.2 Å². The highest BCUT2D eigenvalue weighted by molar-refractivity contribution is 7.89. The fourth-order valence-corrected chi connectivity index (χ4v) is 5.54. The zero-order valence-electron chi connectivity index (χ0n) is 18.5. The van der Waals surface area contributed by atoms with E-state index in [0.29, 0.717) is 18.5 Å². The van der Waals surface area contributed by atoms with Crippen LogP contribution in [0, 0.1) is 0 Å². The minimum atomic E-state index is -3.82. The number of benzene rings is 2. The van der Waals surface area contributed by atoms with Crippen molar-refractivity contribution >= 4 is 21.8 Å². The molecule has 1 aliphatic rings. The molecule has 7 nitrogen and oxygen atoms in total. The largest absolute Gasteiger partial charge is 0.353 e. The normalized spacial score (nSPS) is 17.3. The summed E-state index contributed by atoms with van der Waals surface area (Å²) < 4.78 is 28.7. The van der Waals surface area contributed by atoms with Gasteiger partial charge in [0, 0.05) is 24.2 Å². The Bertz CT molecular complexity index is 1010. The summed E-state index contributed by atoms with van der Waals surface area (Å²) in [5.41, 5.74) is 1.41. The van der Waals surface area contributed by atoms with Crippen molar-refractivity contribution in [2.24, 2.45) is 0 Å². The molecule has 2 N–H and O–H groups in total. The Labute approximate surface area is 190 Å². The molecule has 172 valence electrons. The zero-order chi connectivity index (χ0) is 23.1. The fraction of sp³-hybridized carbons (Fsp3) is 0.417. The molecule has 2 aromatic rings. The summed E-state index contributed by atoms with van der Waals surface area (Å²) in [5.74, 6) is -0.760. The van der Waals surface area contributed by atoms with Gasteiger partial charge in [0.15, 0.2) is 0 Å². The minimum absolute atomic E-state index is 0.112. The summed E-state index contributed by atoms with van der Waals surface area (Å²) in [7, 11) is -3.82. The predicted octanol–water partition coefficient (Wildman–Crippen LogP) is 2.35. The Morgan fingerprint density at radius 1 is 1.03 bits per heavy atom. The first-order valence-corrected chi connectivity index (χ1v) is 12.6. The van der Waals surface area contributed by atoms with Crippen LogP contribution in [-0.4, -0.2) is 55.6 Å². The SMILES string of the molecule is CC(C)NC(=O)[C@H](Cc1ccccc1)NS(=O)(=O)C[C@@H]1CCCN1C(=O)c1ccccc1. The molecule has 2 amide bonds. The first kappa shape index (κ1) is 23.9. The molecular weight excluding hydrogens is 426 g/mol. The molecule has 0 aromatic heterocycles. The van der Waals surface area contributed by atoms with E-state index in [1.54, 1.807) is 29.2 Å². The standard InChI is InChI=1S/C24H31N3O4S/c1-18(2)25-23(28)22(16-19-10-5-3-6-11-19)26-32(30,31)17-21-14-9-15-27(21)24(29)20-12-7-4-8-13-20/h3-8,10-13,18,21-22,26H,9,14-17H2,1-2H3,(H,25,28)/t21-,22-/m0/s1. The highest BCUT2D eigenvalue weighted by atomic mass is 32.2. The molecule has 0 saturated carbocycles. The molecule has 1 heterocycles. The second-order valence-corrected chi connectivity index (χ2v) is 10.3. The third kappa shape index (κ3) is 6.64. The Hall–Kier alpha value is -2.71. The van der Waals surface area contributed by atoms with Gasteiger partial charge in [-0.1, -0.05) is 48.5 Å². The smallest absolute Gasteiger partial charge is 0.254 e. The third-order valence-corrected chi connectivity index (χ3v) is 6.89. The lowest BCUT2D eigenvalue weighted by Gasteiger charge is -2.26. The number of carbonyl (C=O) groups is 2. The summed E-state index contributed by atoms with van der Waals surface area (Å²) in [5, 5.41) is 2.80. The molecule has 2 aromatic carbocycles. The van der Waals surface area contributed by atoms with Crippen molar-refractivity contribution in [1.82, 2.24) is 14.9 Å². The van der Waals surface area contributed by atoms with Crippen LogP contribution in [0.25, 0.3) is 0 Å². The Morgan fingerprint density at radius 2 is 1.66 bits per heavy atom. The zero-order valence-corrected chi connectivity index (χ0v) is 19.3. The number of likely N-dealkylation sites (tertiary alicyclic amines) is 1. The van der Waals surface area contributed by atoms with Crippen LogP contribution >= 0.6 is 0 Å². The maximum Gasteiger partial charge on any atom is 0.254 e. The monoisotopic (exact) mass is 457 g/mol. The van der Waals surface area contributed by atoms with Crippen molar-refractivity contribution in [3.63, 3.8) is 0 Å². The average molecular weight is 458 g/mol. The van der Waals surface area contributed by atoms with Gasteiger partial charge in [-0.05, 0) is 50.8 Å². The molecule has 1 saturated heterocycles. The van der Waals surface area contributed by atoms with Crippen LogP contribution in [0.3, 0.4) is 0 Å². The number of amides is 2. The number of hydrogen-bond donors (Lipinski definition) is 2. The lowest BCUT2D eigenvalue weighted by Crippen LogP contribution is -2.52. The molecule has 2 atom stereocenters. The van der Waals surface area contributed by atoms with E-state index in [9.17, 15) is 18.0 Å². The molecule has 0 unspecified atom stereocenters. The van der Waals surface area contributed by atoms with Crippen molar-refractivity contribution < 1.29 is 18.0 Å². The van der Waals surface area contributed by atoms with Crippen molar-refractivity contribution in [2.45, 2.75) is 51.2 Å². The van der Waals surface area contributed by atoms with Crippen molar-refractivity contribution in [3.05, 3.63) is 71.8 Å². The average Bonchev–Trinajstić information content (AvgIpc) is 3.20. The van der Waals surface area contributed by atoms with Gasteiger partial charge >= 0.3 is 0 Å². The molecular formula is C24H31N3O4S. The lowest BCUT2D eigenvalue weighted by molar-refractivity contribution is -0.123. The predicted molar refractivity (Wildman–Crippen MR) is 125 cm³/mol. The first-order chi connectivity index (χ1) is 15.2. The van der Waals surface area contributed by atoms with E-state index in [1.165, 1.54) is 0 Å². The van der Waals surface area contributed by atoms with Gasteiger partial charge in [-0.2, -0.15) is 0 Å². The van der Waals surface area contributed by atoms with E-state index < -0.39 is 22.1 Å². The summed E-state index contributed by atoms with van der Waals surface area (Å²) >= 11 is 0. The van der Waals surface area contributed by atoms with Gasteiger partial charge in [-0.3, -0.25) is 9.59 Å². The van der Waals surface area contributed by atoms with Crippen LogP contribution in [0.2, 0.25) is 0 Å². The second-order valence-electron chi connectivity index (χ2n) is 8.47. The summed E-state index contributed by atoms with van der Waals surface area (Å²) in [6.45, 7) is 4.18. The second kappa shape index (κ2) is 10.7. The van der Waals surface area contributed by atoms with Gasteiger partial charge in [-0.25, -0.2) is 13.1 Å². The van der Waals surface area contributed by atoms with Crippen LogP contribution in [0.1, 0.15) is 42.6 Å². The molecule has 0 aliphatic carbocycles. The fourth-order valence-electron chi connectivity index (χ4n) is 3.96. The van der Waals surface area contributed by atoms with Gasteiger partial charge in [0.05, 0.1) is 5.75 Å². The van der Waals surface area contributed by atoms with Gasteiger partial charge in [-0.15, -0.1) is 0 Å². The topological polar surface area (TPSA) is 95.6 Å². The molecule has 0 bridgehead atoms. The Kier molecular flexibility index (Phi) is 8.04. The van der Waals surface area contributed by atoms with E-state index >= 15 is 0 Å². The quantitative estimate of drug-likeness (QED) is 0.604. The molecule has 1 aliphatic heterocycles. The van der Waals surface area contributed by atoms with E-state index in [-0.39, 0.29) is 30.0 Å². The van der Waals surface area contributed by atoms with Crippen LogP contribution in [0.15, 0.2) is 60.7 Å². The summed E-state index contributed by atoms with van der Waals surface area (Å²) in [6.07, 6.45) is 1.61. The molecule has 0 radical (unpaired) electrons. The van der Waals surface area contributed by atoms with Crippen molar-refractivity contribution in [1.29, 1.82) is 0 Å². The number of nitrogens with zero attached hydrogens (tertiary/aromatic N) is 1. The van der Waals surface area contributed by atoms with Crippen molar-refractivity contribution in [3.8, 4) is 0 Å². The molecule has 8 heteroatoms. The number of hydrogen-bond acceptors (Lipinski definition) is 4. The number of sulfonamides is 1. The third-order valence-electron chi connectivity index (χ3n) is 5.42. The highest BCUT2D eigenvalue weighted by Crippen LogP contribution is 2.21. The van der Waals surface area contributed by atoms with Gasteiger partial charge in [0.2, 0.25) is 15.9 Å².